The second kappa shape index (κ2) is 8.22. The van der Waals surface area contributed by atoms with Gasteiger partial charge in [-0.25, -0.2) is 0 Å². The Morgan fingerprint density at radius 1 is 1.20 bits per heavy atom. The van der Waals surface area contributed by atoms with Crippen molar-refractivity contribution in [3.8, 4) is 0 Å². The number of anilines is 1. The first-order valence-electron chi connectivity index (χ1n) is 9.98. The van der Waals surface area contributed by atoms with Crippen molar-refractivity contribution >= 4 is 11.6 Å². The minimum atomic E-state index is 0.244. The van der Waals surface area contributed by atoms with Gasteiger partial charge in [0.2, 0.25) is 0 Å². The van der Waals surface area contributed by atoms with Crippen LogP contribution in [0.3, 0.4) is 0 Å². The molecule has 1 heterocycles. The van der Waals surface area contributed by atoms with Crippen molar-refractivity contribution in [2.75, 3.05) is 37.6 Å². The molecule has 1 aromatic rings. The van der Waals surface area contributed by atoms with E-state index < -0.39 is 0 Å². The summed E-state index contributed by atoms with van der Waals surface area (Å²) in [5, 5.41) is 3.30. The maximum absolute atomic E-state index is 12.4. The van der Waals surface area contributed by atoms with Crippen molar-refractivity contribution in [3.05, 3.63) is 29.3 Å². The summed E-state index contributed by atoms with van der Waals surface area (Å²) < 4.78 is 0. The largest absolute Gasteiger partial charge is 0.360 e. The molecular formula is C21H34N3O+. The fraction of sp³-hybridized carbons (Fsp3) is 0.667. The van der Waals surface area contributed by atoms with Crippen molar-refractivity contribution in [2.45, 2.75) is 52.5 Å². The van der Waals surface area contributed by atoms with Gasteiger partial charge in [0.15, 0.2) is 6.54 Å². The van der Waals surface area contributed by atoms with Crippen LogP contribution >= 0.6 is 0 Å². The molecule has 2 aliphatic rings. The van der Waals surface area contributed by atoms with Crippen LogP contribution in [0.25, 0.3) is 0 Å². The number of nitrogens with one attached hydrogen (secondary N) is 2. The number of amides is 1. The van der Waals surface area contributed by atoms with Gasteiger partial charge in [-0.2, -0.15) is 0 Å². The van der Waals surface area contributed by atoms with Gasteiger partial charge in [0, 0.05) is 11.7 Å². The van der Waals surface area contributed by atoms with Crippen molar-refractivity contribution < 1.29 is 9.69 Å². The van der Waals surface area contributed by atoms with Crippen LogP contribution in [0, 0.1) is 19.8 Å². The van der Waals surface area contributed by atoms with E-state index in [0.29, 0.717) is 18.5 Å². The normalized spacial score (nSPS) is 25.0. The first-order valence-corrected chi connectivity index (χ1v) is 9.98. The second-order valence-corrected chi connectivity index (χ2v) is 8.07. The average molecular weight is 345 g/mol. The topological polar surface area (TPSA) is 36.8 Å². The minimum Gasteiger partial charge on any atom is -0.360 e. The number of benzene rings is 1. The van der Waals surface area contributed by atoms with Crippen LogP contribution in [0.5, 0.6) is 0 Å². The predicted octanol–water partition coefficient (Wildman–Crippen LogP) is 1.70. The Kier molecular flexibility index (Phi) is 6.00. The number of hydrogen-bond donors (Lipinski definition) is 2. The highest BCUT2D eigenvalue weighted by atomic mass is 16.2. The Morgan fingerprint density at radius 3 is 2.64 bits per heavy atom. The van der Waals surface area contributed by atoms with E-state index in [1.165, 1.54) is 41.0 Å². The Hall–Kier alpha value is -1.55. The Morgan fingerprint density at radius 2 is 1.92 bits per heavy atom. The molecule has 138 valence electrons. The number of aryl methyl sites for hydroxylation is 1. The van der Waals surface area contributed by atoms with E-state index in [9.17, 15) is 4.79 Å². The second-order valence-electron chi connectivity index (χ2n) is 8.07. The van der Waals surface area contributed by atoms with Gasteiger partial charge >= 0.3 is 0 Å². The van der Waals surface area contributed by atoms with Crippen molar-refractivity contribution in [2.24, 2.45) is 5.92 Å². The highest BCUT2D eigenvalue weighted by molar-refractivity contribution is 5.77. The van der Waals surface area contributed by atoms with E-state index in [0.717, 1.165) is 32.6 Å². The SMILES string of the molecule is Cc1cccc(N2CC[NH+](CC(=O)N[C@H]3CCCC[C@H]3C)CC2)c1C. The first-order chi connectivity index (χ1) is 12.0. The molecule has 1 aromatic carbocycles. The number of carbonyl (C=O) groups excluding carboxylic acids is 1. The zero-order valence-corrected chi connectivity index (χ0v) is 16.1. The quantitative estimate of drug-likeness (QED) is 0.872. The molecule has 0 radical (unpaired) electrons. The molecule has 1 aliphatic carbocycles. The summed E-state index contributed by atoms with van der Waals surface area (Å²) in [4.78, 5) is 16.3. The summed E-state index contributed by atoms with van der Waals surface area (Å²) >= 11 is 0. The van der Waals surface area contributed by atoms with Crippen molar-refractivity contribution in [3.63, 3.8) is 0 Å². The molecule has 1 saturated carbocycles. The molecule has 0 unspecified atom stereocenters. The lowest BCUT2D eigenvalue weighted by molar-refractivity contribution is -0.892. The van der Waals surface area contributed by atoms with Gasteiger partial charge in [-0.05, 0) is 49.8 Å². The fourth-order valence-electron chi connectivity index (χ4n) is 4.33. The van der Waals surface area contributed by atoms with Crippen LogP contribution < -0.4 is 15.1 Å². The van der Waals surface area contributed by atoms with Crippen molar-refractivity contribution in [1.82, 2.24) is 5.32 Å². The Balaban J connectivity index is 1.47. The summed E-state index contributed by atoms with van der Waals surface area (Å²) in [5.74, 6) is 0.878. The standard InChI is InChI=1S/C21H33N3O/c1-16-8-6-10-20(18(16)3)24-13-11-23(12-14-24)15-21(25)22-19-9-5-4-7-17(19)2/h6,8,10,17,19H,4-5,7,9,11-15H2,1-3H3,(H,22,25)/p+1/t17-,19+/m1/s1. The molecule has 4 heteroatoms. The van der Waals surface area contributed by atoms with Gasteiger partial charge in [0.05, 0.1) is 26.2 Å². The summed E-state index contributed by atoms with van der Waals surface area (Å²) in [5.41, 5.74) is 4.10. The van der Waals surface area contributed by atoms with Crippen LogP contribution in [-0.2, 0) is 4.79 Å². The van der Waals surface area contributed by atoms with Gasteiger partial charge in [-0.3, -0.25) is 4.79 Å². The molecule has 25 heavy (non-hydrogen) atoms. The van der Waals surface area contributed by atoms with Crippen LogP contribution in [0.15, 0.2) is 18.2 Å². The number of nitrogens with zero attached hydrogens (tertiary/aromatic N) is 1. The molecule has 3 rings (SSSR count). The number of piperazine rings is 1. The predicted molar refractivity (Wildman–Crippen MR) is 103 cm³/mol. The molecule has 2 fully saturated rings. The maximum Gasteiger partial charge on any atom is 0.275 e. The Labute approximate surface area is 152 Å². The molecule has 1 amide bonds. The zero-order valence-electron chi connectivity index (χ0n) is 16.1. The third-order valence-corrected chi connectivity index (χ3v) is 6.26. The van der Waals surface area contributed by atoms with Gasteiger partial charge in [0.25, 0.3) is 5.91 Å². The van der Waals surface area contributed by atoms with Gasteiger partial charge in [-0.15, -0.1) is 0 Å². The molecule has 2 atom stereocenters. The van der Waals surface area contributed by atoms with Crippen LogP contribution in [0.1, 0.15) is 43.7 Å². The van der Waals surface area contributed by atoms with E-state index >= 15 is 0 Å². The molecular weight excluding hydrogens is 310 g/mol. The summed E-state index contributed by atoms with van der Waals surface area (Å²) in [6.45, 7) is 11.4. The van der Waals surface area contributed by atoms with E-state index in [1.54, 1.807) is 0 Å². The summed E-state index contributed by atoms with van der Waals surface area (Å²) in [6, 6.07) is 6.95. The number of quaternary nitrogens is 1. The van der Waals surface area contributed by atoms with Crippen LogP contribution in [0.2, 0.25) is 0 Å². The van der Waals surface area contributed by atoms with E-state index in [1.807, 2.05) is 0 Å². The minimum absolute atomic E-state index is 0.244. The zero-order chi connectivity index (χ0) is 17.8. The smallest absolute Gasteiger partial charge is 0.275 e. The summed E-state index contributed by atoms with van der Waals surface area (Å²) in [7, 11) is 0. The van der Waals surface area contributed by atoms with E-state index in [4.69, 9.17) is 0 Å². The van der Waals surface area contributed by atoms with Crippen molar-refractivity contribution in [1.29, 1.82) is 0 Å². The number of hydrogen-bond acceptors (Lipinski definition) is 2. The highest BCUT2D eigenvalue weighted by Crippen LogP contribution is 2.24. The van der Waals surface area contributed by atoms with E-state index in [-0.39, 0.29) is 5.91 Å². The Bertz CT molecular complexity index is 593. The molecule has 1 aliphatic heterocycles. The molecule has 2 N–H and O–H groups in total. The monoisotopic (exact) mass is 344 g/mol. The third-order valence-electron chi connectivity index (χ3n) is 6.26. The van der Waals surface area contributed by atoms with Crippen LogP contribution in [-0.4, -0.2) is 44.7 Å². The third kappa shape index (κ3) is 4.55. The summed E-state index contributed by atoms with van der Waals surface area (Å²) in [6.07, 6.45) is 4.99. The van der Waals surface area contributed by atoms with Gasteiger partial charge < -0.3 is 15.1 Å². The lowest BCUT2D eigenvalue weighted by Crippen LogP contribution is -3.16. The molecule has 0 aromatic heterocycles. The lowest BCUT2D eigenvalue weighted by atomic mass is 9.86. The highest BCUT2D eigenvalue weighted by Gasteiger charge is 2.26. The van der Waals surface area contributed by atoms with Gasteiger partial charge in [-0.1, -0.05) is 31.9 Å². The fourth-order valence-corrected chi connectivity index (χ4v) is 4.33. The molecule has 4 nitrogen and oxygen atoms in total. The van der Waals surface area contributed by atoms with Crippen LogP contribution in [0.4, 0.5) is 5.69 Å². The molecule has 0 bridgehead atoms. The van der Waals surface area contributed by atoms with E-state index in [2.05, 4.69) is 49.2 Å². The first kappa shape index (κ1) is 18.2. The lowest BCUT2D eigenvalue weighted by Gasteiger charge is -2.35. The van der Waals surface area contributed by atoms with Gasteiger partial charge in [0.1, 0.15) is 0 Å². The maximum atomic E-state index is 12.4. The number of rotatable bonds is 4. The number of carbonyl (C=O) groups is 1. The molecule has 1 saturated heterocycles. The molecule has 0 spiro atoms. The average Bonchev–Trinajstić information content (AvgIpc) is 2.60.